The number of carbonyl (C=O) groups excluding carboxylic acids is 1. The van der Waals surface area contributed by atoms with Crippen LogP contribution in [0.3, 0.4) is 0 Å². The Balaban J connectivity index is 1.57. The lowest BCUT2D eigenvalue weighted by Gasteiger charge is -2.46. The number of pyridine rings is 2. The van der Waals surface area contributed by atoms with E-state index in [0.29, 0.717) is 46.9 Å². The number of nitrogens with one attached hydrogen (secondary N) is 1. The number of halogens is 2. The number of nitriles is 1. The van der Waals surface area contributed by atoms with Crippen LogP contribution in [0.4, 0.5) is 15.8 Å². The lowest BCUT2D eigenvalue weighted by atomic mass is 9.98. The predicted octanol–water partition coefficient (Wildman–Crippen LogP) is 4.28. The standard InChI is InChI=1S/C26H20ClFN6O/c1-33-19-11-32-24-17(25(19)34-13-15(8-9-29)30-12-20(34)26(33)35)10-31-23(22(24)28)16-6-2-4-14-5-3-7-18(27)21(14)16/h2-7,10-11,15,20,30H,8,12-13H2,1H3. The van der Waals surface area contributed by atoms with Crippen LogP contribution < -0.4 is 15.1 Å². The fourth-order valence-electron chi connectivity index (χ4n) is 5.20. The first-order valence-corrected chi connectivity index (χ1v) is 11.7. The number of hydrogen-bond acceptors (Lipinski definition) is 6. The molecule has 174 valence electrons. The second-order valence-corrected chi connectivity index (χ2v) is 9.26. The first kappa shape index (κ1) is 21.7. The van der Waals surface area contributed by atoms with Gasteiger partial charge in [-0.05, 0) is 11.5 Å². The molecule has 0 bridgehead atoms. The van der Waals surface area contributed by atoms with Crippen molar-refractivity contribution in [2.75, 3.05) is 29.9 Å². The first-order valence-electron chi connectivity index (χ1n) is 11.3. The van der Waals surface area contributed by atoms with Crippen molar-refractivity contribution in [1.29, 1.82) is 5.26 Å². The second-order valence-electron chi connectivity index (χ2n) is 8.85. The number of fused-ring (bicyclic) bond motifs is 6. The third-order valence-corrected chi connectivity index (χ3v) is 7.23. The van der Waals surface area contributed by atoms with Crippen LogP contribution in [0, 0.1) is 17.1 Å². The third-order valence-electron chi connectivity index (χ3n) is 6.91. The molecule has 0 saturated carbocycles. The summed E-state index contributed by atoms with van der Waals surface area (Å²) in [6.45, 7) is 0.855. The SMILES string of the molecule is CN1C(=O)C2CNC(CC#N)CN2c2c1cnc1c(F)c(-c3cccc4cccc(Cl)c34)ncc21. The van der Waals surface area contributed by atoms with Crippen LogP contribution >= 0.6 is 11.6 Å². The zero-order chi connectivity index (χ0) is 24.3. The Kier molecular flexibility index (Phi) is 5.06. The molecule has 1 N–H and O–H groups in total. The first-order chi connectivity index (χ1) is 17.0. The number of piperazine rings is 1. The zero-order valence-corrected chi connectivity index (χ0v) is 19.6. The number of likely N-dealkylation sites (N-methyl/N-ethyl adjacent to an activating group) is 1. The number of aromatic nitrogens is 2. The van der Waals surface area contributed by atoms with Crippen LogP contribution in [0.2, 0.25) is 5.02 Å². The molecule has 7 nitrogen and oxygen atoms in total. The van der Waals surface area contributed by atoms with Crippen molar-refractivity contribution in [1.82, 2.24) is 15.3 Å². The van der Waals surface area contributed by atoms with Crippen molar-refractivity contribution >= 4 is 50.6 Å². The molecular formula is C26H20ClFN6O. The lowest BCUT2D eigenvalue weighted by Crippen LogP contribution is -2.64. The van der Waals surface area contributed by atoms with Gasteiger partial charge in [0.1, 0.15) is 17.3 Å². The van der Waals surface area contributed by atoms with E-state index in [-0.39, 0.29) is 23.2 Å². The minimum atomic E-state index is -0.544. The number of anilines is 2. The number of nitrogens with zero attached hydrogens (tertiary/aromatic N) is 5. The average molecular weight is 487 g/mol. The molecule has 2 aromatic carbocycles. The topological polar surface area (TPSA) is 85.2 Å². The molecule has 0 spiro atoms. The highest BCUT2D eigenvalue weighted by Gasteiger charge is 2.41. The molecule has 35 heavy (non-hydrogen) atoms. The maximum absolute atomic E-state index is 16.1. The van der Waals surface area contributed by atoms with Crippen LogP contribution in [0.5, 0.6) is 0 Å². The Morgan fingerprint density at radius 1 is 1.23 bits per heavy atom. The molecular weight excluding hydrogens is 467 g/mol. The van der Waals surface area contributed by atoms with Gasteiger partial charge in [0.25, 0.3) is 5.91 Å². The number of rotatable bonds is 2. The van der Waals surface area contributed by atoms with Gasteiger partial charge in [0.05, 0.1) is 30.1 Å². The minimum absolute atomic E-state index is 0.0722. The molecule has 1 saturated heterocycles. The van der Waals surface area contributed by atoms with Crippen LogP contribution in [0.1, 0.15) is 6.42 Å². The van der Waals surface area contributed by atoms with Crippen molar-refractivity contribution < 1.29 is 9.18 Å². The van der Waals surface area contributed by atoms with Crippen molar-refractivity contribution in [3.63, 3.8) is 0 Å². The lowest BCUT2D eigenvalue weighted by molar-refractivity contribution is -0.120. The molecule has 9 heteroatoms. The van der Waals surface area contributed by atoms with E-state index in [4.69, 9.17) is 11.6 Å². The average Bonchev–Trinajstić information content (AvgIpc) is 2.87. The fourth-order valence-corrected chi connectivity index (χ4v) is 5.49. The van der Waals surface area contributed by atoms with Crippen LogP contribution in [-0.2, 0) is 4.79 Å². The Hall–Kier alpha value is -3.80. The zero-order valence-electron chi connectivity index (χ0n) is 18.8. The van der Waals surface area contributed by atoms with Crippen molar-refractivity contribution in [3.05, 3.63) is 59.6 Å². The van der Waals surface area contributed by atoms with Gasteiger partial charge in [0.2, 0.25) is 0 Å². The summed E-state index contributed by atoms with van der Waals surface area (Å²) >= 11 is 6.48. The summed E-state index contributed by atoms with van der Waals surface area (Å²) in [5.41, 5.74) is 2.24. The molecule has 2 aliphatic heterocycles. The predicted molar refractivity (Wildman–Crippen MR) is 134 cm³/mol. The highest BCUT2D eigenvalue weighted by atomic mass is 35.5. The van der Waals surface area contributed by atoms with Gasteiger partial charge in [0, 0.05) is 53.7 Å². The van der Waals surface area contributed by atoms with E-state index in [1.807, 2.05) is 29.2 Å². The van der Waals surface area contributed by atoms with Gasteiger partial charge < -0.3 is 15.1 Å². The molecule has 1 amide bonds. The van der Waals surface area contributed by atoms with Crippen LogP contribution in [-0.4, -0.2) is 48.1 Å². The summed E-state index contributed by atoms with van der Waals surface area (Å²) < 4.78 is 16.1. The molecule has 0 aliphatic carbocycles. The van der Waals surface area contributed by atoms with Gasteiger partial charge in [-0.3, -0.25) is 14.8 Å². The van der Waals surface area contributed by atoms with E-state index in [1.54, 1.807) is 30.3 Å². The van der Waals surface area contributed by atoms with E-state index in [2.05, 4.69) is 21.4 Å². The number of carbonyl (C=O) groups is 1. The largest absolute Gasteiger partial charge is 0.355 e. The highest BCUT2D eigenvalue weighted by Crippen LogP contribution is 2.43. The molecule has 4 aromatic rings. The smallest absolute Gasteiger partial charge is 0.250 e. The Labute approximate surface area is 205 Å². The van der Waals surface area contributed by atoms with Gasteiger partial charge in [-0.2, -0.15) is 5.26 Å². The van der Waals surface area contributed by atoms with Gasteiger partial charge in [-0.1, -0.05) is 41.9 Å². The normalized spacial score (nSPS) is 19.5. The molecule has 2 aliphatic rings. The highest BCUT2D eigenvalue weighted by molar-refractivity contribution is 6.36. The van der Waals surface area contributed by atoms with Gasteiger partial charge >= 0.3 is 0 Å². The third kappa shape index (κ3) is 3.23. The number of benzene rings is 2. The van der Waals surface area contributed by atoms with E-state index < -0.39 is 11.9 Å². The summed E-state index contributed by atoms with van der Waals surface area (Å²) in [5.74, 6) is -0.616. The maximum Gasteiger partial charge on any atom is 0.250 e. The Morgan fingerprint density at radius 3 is 2.83 bits per heavy atom. The van der Waals surface area contributed by atoms with E-state index >= 15 is 4.39 Å². The monoisotopic (exact) mass is 486 g/mol. The Bertz CT molecular complexity index is 1560. The van der Waals surface area contributed by atoms with Gasteiger partial charge in [-0.25, -0.2) is 4.39 Å². The summed E-state index contributed by atoms with van der Waals surface area (Å²) in [5, 5.41) is 15.1. The summed E-state index contributed by atoms with van der Waals surface area (Å²) in [4.78, 5) is 25.5. The molecule has 0 radical (unpaired) electrons. The minimum Gasteiger partial charge on any atom is -0.355 e. The van der Waals surface area contributed by atoms with E-state index in [0.717, 1.165) is 10.8 Å². The van der Waals surface area contributed by atoms with Crippen molar-refractivity contribution in [2.24, 2.45) is 0 Å². The van der Waals surface area contributed by atoms with Crippen molar-refractivity contribution in [3.8, 4) is 17.3 Å². The molecule has 2 atom stereocenters. The van der Waals surface area contributed by atoms with Crippen molar-refractivity contribution in [2.45, 2.75) is 18.5 Å². The van der Waals surface area contributed by atoms with Gasteiger partial charge in [-0.15, -0.1) is 0 Å². The fraction of sp³-hybridized carbons (Fsp3) is 0.231. The molecule has 2 aromatic heterocycles. The van der Waals surface area contributed by atoms with Crippen LogP contribution in [0.25, 0.3) is 32.9 Å². The molecule has 2 unspecified atom stereocenters. The number of amides is 1. The van der Waals surface area contributed by atoms with Gasteiger partial charge in [0.15, 0.2) is 5.82 Å². The maximum atomic E-state index is 16.1. The Morgan fingerprint density at radius 2 is 2.03 bits per heavy atom. The second kappa shape index (κ2) is 8.15. The summed E-state index contributed by atoms with van der Waals surface area (Å²) in [7, 11) is 1.70. The van der Waals surface area contributed by atoms with E-state index in [9.17, 15) is 10.1 Å². The molecule has 1 fully saturated rings. The van der Waals surface area contributed by atoms with Crippen LogP contribution in [0.15, 0.2) is 48.8 Å². The van der Waals surface area contributed by atoms with E-state index in [1.165, 1.54) is 6.20 Å². The molecule has 6 rings (SSSR count). The number of hydrogen-bond donors (Lipinski definition) is 1. The summed E-state index contributed by atoms with van der Waals surface area (Å²) in [6, 6.07) is 12.8. The quantitative estimate of drug-likeness (QED) is 0.455. The summed E-state index contributed by atoms with van der Waals surface area (Å²) in [6.07, 6.45) is 3.47. The molecule has 4 heterocycles.